The fraction of sp³-hybridized carbons (Fsp3) is 0.474. The molecule has 0 bridgehead atoms. The van der Waals surface area contributed by atoms with Crippen LogP contribution in [0.15, 0.2) is 30.1 Å². The summed E-state index contributed by atoms with van der Waals surface area (Å²) in [7, 11) is 0. The third-order valence-corrected chi connectivity index (χ3v) is 4.92. The van der Waals surface area contributed by atoms with Crippen molar-refractivity contribution in [1.82, 2.24) is 9.80 Å². The molecule has 0 saturated carbocycles. The topological polar surface area (TPSA) is 79.1 Å². The molecule has 1 fully saturated rings. The van der Waals surface area contributed by atoms with E-state index in [2.05, 4.69) is 0 Å². The molecule has 1 aromatic carbocycles. The van der Waals surface area contributed by atoms with Crippen LogP contribution in [0.3, 0.4) is 0 Å². The number of amides is 2. The zero-order chi connectivity index (χ0) is 18.6. The number of nitrogens with zero attached hydrogens (tertiary/aromatic N) is 3. The van der Waals surface area contributed by atoms with Gasteiger partial charge in [-0.3, -0.25) is 9.69 Å². The van der Waals surface area contributed by atoms with Crippen LogP contribution in [0.1, 0.15) is 44.0 Å². The van der Waals surface area contributed by atoms with Gasteiger partial charge in [-0.2, -0.15) is 0 Å². The SMILES string of the molecule is CC(C)(C)OC(=O)N1C=C2[C@@H]3CCCN3C(=O)c3cc(N)ccc3N2C1. The molecule has 0 unspecified atom stereocenters. The lowest BCUT2D eigenvalue weighted by Crippen LogP contribution is -2.37. The first-order valence-corrected chi connectivity index (χ1v) is 8.94. The predicted octanol–water partition coefficient (Wildman–Crippen LogP) is 2.74. The van der Waals surface area contributed by atoms with Crippen LogP contribution >= 0.6 is 0 Å². The van der Waals surface area contributed by atoms with E-state index in [9.17, 15) is 9.59 Å². The van der Waals surface area contributed by atoms with E-state index in [0.29, 0.717) is 17.9 Å². The average molecular weight is 356 g/mol. The van der Waals surface area contributed by atoms with Crippen LogP contribution in [-0.2, 0) is 4.74 Å². The van der Waals surface area contributed by atoms with E-state index >= 15 is 0 Å². The highest BCUT2D eigenvalue weighted by Gasteiger charge is 2.43. The number of rotatable bonds is 0. The fourth-order valence-corrected chi connectivity index (χ4v) is 3.85. The Balaban J connectivity index is 1.75. The molecule has 26 heavy (non-hydrogen) atoms. The van der Waals surface area contributed by atoms with Gasteiger partial charge in [-0.1, -0.05) is 0 Å². The van der Waals surface area contributed by atoms with Crippen molar-refractivity contribution >= 4 is 23.4 Å². The van der Waals surface area contributed by atoms with Crippen molar-refractivity contribution in [2.24, 2.45) is 0 Å². The lowest BCUT2D eigenvalue weighted by molar-refractivity contribution is 0.0350. The summed E-state index contributed by atoms with van der Waals surface area (Å²) in [5.74, 6) is 0.00826. The maximum Gasteiger partial charge on any atom is 0.415 e. The molecule has 0 aromatic heterocycles. The second kappa shape index (κ2) is 5.65. The molecular formula is C19H24N4O3. The van der Waals surface area contributed by atoms with Crippen LogP contribution in [0.2, 0.25) is 0 Å². The molecule has 2 amide bonds. The maximum atomic E-state index is 13.0. The second-order valence-corrected chi connectivity index (χ2v) is 8.01. The van der Waals surface area contributed by atoms with Crippen molar-refractivity contribution < 1.29 is 14.3 Å². The van der Waals surface area contributed by atoms with Gasteiger partial charge in [0.05, 0.1) is 23.0 Å². The summed E-state index contributed by atoms with van der Waals surface area (Å²) in [4.78, 5) is 31.1. The van der Waals surface area contributed by atoms with Crippen LogP contribution in [0, 0.1) is 0 Å². The summed E-state index contributed by atoms with van der Waals surface area (Å²) < 4.78 is 5.51. The molecule has 0 radical (unpaired) electrons. The lowest BCUT2D eigenvalue weighted by Gasteiger charge is -2.27. The molecule has 1 aromatic rings. The van der Waals surface area contributed by atoms with Crippen LogP contribution in [0.25, 0.3) is 0 Å². The Bertz CT molecular complexity index is 811. The van der Waals surface area contributed by atoms with Crippen molar-refractivity contribution in [2.75, 3.05) is 23.8 Å². The Morgan fingerprint density at radius 2 is 2.08 bits per heavy atom. The molecule has 2 N–H and O–H groups in total. The van der Waals surface area contributed by atoms with Crippen LogP contribution in [-0.4, -0.2) is 46.7 Å². The smallest absolute Gasteiger partial charge is 0.415 e. The monoisotopic (exact) mass is 356 g/mol. The summed E-state index contributed by atoms with van der Waals surface area (Å²) in [5.41, 5.74) is 8.27. The molecule has 1 atom stereocenters. The van der Waals surface area contributed by atoms with Gasteiger partial charge in [0.25, 0.3) is 5.91 Å². The highest BCUT2D eigenvalue weighted by molar-refractivity contribution is 6.03. The van der Waals surface area contributed by atoms with Gasteiger partial charge in [0.15, 0.2) is 0 Å². The first-order chi connectivity index (χ1) is 12.2. The van der Waals surface area contributed by atoms with Crippen LogP contribution in [0.4, 0.5) is 16.2 Å². The first kappa shape index (κ1) is 16.8. The predicted molar refractivity (Wildman–Crippen MR) is 98.4 cm³/mol. The Morgan fingerprint density at radius 1 is 1.31 bits per heavy atom. The van der Waals surface area contributed by atoms with Crippen LogP contribution < -0.4 is 10.6 Å². The molecule has 3 aliphatic rings. The van der Waals surface area contributed by atoms with Gasteiger partial charge in [0.1, 0.15) is 12.3 Å². The number of carbonyl (C=O) groups is 2. The second-order valence-electron chi connectivity index (χ2n) is 8.01. The van der Waals surface area contributed by atoms with Gasteiger partial charge in [-0.25, -0.2) is 4.79 Å². The summed E-state index contributed by atoms with van der Waals surface area (Å²) in [6, 6.07) is 5.35. The largest absolute Gasteiger partial charge is 0.443 e. The van der Waals surface area contributed by atoms with E-state index in [1.54, 1.807) is 17.0 Å². The minimum absolute atomic E-state index is 0.00826. The van der Waals surface area contributed by atoms with Crippen molar-refractivity contribution in [3.63, 3.8) is 0 Å². The number of hydrogen-bond acceptors (Lipinski definition) is 5. The van der Waals surface area contributed by atoms with E-state index < -0.39 is 5.60 Å². The van der Waals surface area contributed by atoms with Gasteiger partial charge >= 0.3 is 6.09 Å². The van der Waals surface area contributed by atoms with E-state index in [1.807, 2.05) is 42.8 Å². The number of hydrogen-bond donors (Lipinski definition) is 1. The Kier molecular flexibility index (Phi) is 3.64. The molecule has 138 valence electrons. The van der Waals surface area contributed by atoms with Gasteiger partial charge < -0.3 is 20.3 Å². The normalized spacial score (nSPS) is 21.8. The fourth-order valence-electron chi connectivity index (χ4n) is 3.85. The molecule has 3 heterocycles. The summed E-state index contributed by atoms with van der Waals surface area (Å²) in [5, 5.41) is 0. The van der Waals surface area contributed by atoms with Gasteiger partial charge in [-0.05, 0) is 51.8 Å². The third kappa shape index (κ3) is 2.67. The first-order valence-electron chi connectivity index (χ1n) is 8.94. The Labute approximate surface area is 153 Å². The number of benzene rings is 1. The van der Waals surface area contributed by atoms with E-state index in [0.717, 1.165) is 30.8 Å². The van der Waals surface area contributed by atoms with Gasteiger partial charge in [0.2, 0.25) is 0 Å². The van der Waals surface area contributed by atoms with Crippen molar-refractivity contribution in [2.45, 2.75) is 45.3 Å². The molecule has 7 heteroatoms. The van der Waals surface area contributed by atoms with Gasteiger partial charge in [0, 0.05) is 18.4 Å². The van der Waals surface area contributed by atoms with Crippen molar-refractivity contribution in [1.29, 1.82) is 0 Å². The number of fused-ring (bicyclic) bond motifs is 5. The zero-order valence-electron chi connectivity index (χ0n) is 15.4. The minimum Gasteiger partial charge on any atom is -0.443 e. The molecule has 1 saturated heterocycles. The molecule has 3 aliphatic heterocycles. The third-order valence-electron chi connectivity index (χ3n) is 4.92. The van der Waals surface area contributed by atoms with Crippen molar-refractivity contribution in [3.8, 4) is 0 Å². The highest BCUT2D eigenvalue weighted by atomic mass is 16.6. The standard InChI is InChI=1S/C19H24N4O3/c1-19(2,3)26-18(25)21-10-16-15-5-4-8-22(15)17(24)13-9-12(20)6-7-14(13)23(16)11-21/h6-7,9-10,15H,4-5,8,11,20H2,1-3H3/t15-/m0/s1. The summed E-state index contributed by atoms with van der Waals surface area (Å²) >= 11 is 0. The molecule has 7 nitrogen and oxygen atoms in total. The molecule has 4 rings (SSSR count). The van der Waals surface area contributed by atoms with E-state index in [1.165, 1.54) is 0 Å². The zero-order valence-corrected chi connectivity index (χ0v) is 15.4. The summed E-state index contributed by atoms with van der Waals surface area (Å²) in [6.07, 6.45) is 3.28. The van der Waals surface area contributed by atoms with Crippen molar-refractivity contribution in [3.05, 3.63) is 35.7 Å². The minimum atomic E-state index is -0.558. The number of nitrogens with two attached hydrogens (primary N) is 1. The highest BCUT2D eigenvalue weighted by Crippen LogP contribution is 2.40. The number of nitrogen functional groups attached to an aromatic ring is 1. The number of carbonyl (C=O) groups excluding carboxylic acids is 2. The number of anilines is 2. The van der Waals surface area contributed by atoms with E-state index in [4.69, 9.17) is 10.5 Å². The Hall–Kier alpha value is -2.70. The quantitative estimate of drug-likeness (QED) is 0.723. The Morgan fingerprint density at radius 3 is 2.81 bits per heavy atom. The molecule has 0 spiro atoms. The lowest BCUT2D eigenvalue weighted by atomic mass is 10.1. The maximum absolute atomic E-state index is 13.0. The van der Waals surface area contributed by atoms with Crippen LogP contribution in [0.5, 0.6) is 0 Å². The average Bonchev–Trinajstić information content (AvgIpc) is 3.17. The molecule has 0 aliphatic carbocycles. The van der Waals surface area contributed by atoms with E-state index in [-0.39, 0.29) is 18.0 Å². The van der Waals surface area contributed by atoms with Gasteiger partial charge in [-0.15, -0.1) is 0 Å². The molecular weight excluding hydrogens is 332 g/mol. The summed E-state index contributed by atoms with van der Waals surface area (Å²) in [6.45, 7) is 6.60. The number of ether oxygens (including phenoxy) is 1.